The zero-order valence-electron chi connectivity index (χ0n) is 11.9. The van der Waals surface area contributed by atoms with Gasteiger partial charge in [0.05, 0.1) is 0 Å². The molecule has 104 valence electrons. The second-order valence-electron chi connectivity index (χ2n) is 4.31. The van der Waals surface area contributed by atoms with Gasteiger partial charge in [0, 0.05) is 25.9 Å². The minimum atomic E-state index is -2.42. The Hall–Kier alpha value is -0.423. The summed E-state index contributed by atoms with van der Waals surface area (Å²) in [5, 5.41) is 0. The summed E-state index contributed by atoms with van der Waals surface area (Å²) in [6.07, 6.45) is 10.9. The molecule has 0 saturated carbocycles. The van der Waals surface area contributed by atoms with Crippen LogP contribution in [0.4, 0.5) is 0 Å². The lowest BCUT2D eigenvalue weighted by Crippen LogP contribution is -2.45. The van der Waals surface area contributed by atoms with E-state index < -0.39 is 8.80 Å². The number of allylic oxidation sites excluding steroid dienone is 4. The lowest BCUT2D eigenvalue weighted by atomic mass is 10.1. The summed E-state index contributed by atoms with van der Waals surface area (Å²) in [7, 11) is -2.42. The molecule has 0 amide bonds. The van der Waals surface area contributed by atoms with Gasteiger partial charge in [-0.25, -0.2) is 0 Å². The molecule has 18 heavy (non-hydrogen) atoms. The van der Waals surface area contributed by atoms with Gasteiger partial charge in [0.25, 0.3) is 0 Å². The molecule has 3 nitrogen and oxygen atoms in total. The summed E-state index contributed by atoms with van der Waals surface area (Å²) in [6.45, 7) is 7.99. The minimum absolute atomic E-state index is 0.585. The number of hydrogen-bond acceptors (Lipinski definition) is 3. The van der Waals surface area contributed by atoms with Crippen molar-refractivity contribution < 1.29 is 13.3 Å². The highest BCUT2D eigenvalue weighted by Crippen LogP contribution is 2.23. The molecule has 1 aliphatic rings. The quantitative estimate of drug-likeness (QED) is 0.568. The maximum Gasteiger partial charge on any atom is 0.500 e. The summed E-state index contributed by atoms with van der Waals surface area (Å²) in [6, 6.07) is 0.917. The lowest BCUT2D eigenvalue weighted by molar-refractivity contribution is 0.0706. The summed E-state index contributed by atoms with van der Waals surface area (Å²) < 4.78 is 17.5. The van der Waals surface area contributed by atoms with Crippen LogP contribution in [0.2, 0.25) is 6.04 Å². The predicted octanol–water partition coefficient (Wildman–Crippen LogP) is 3.56. The molecule has 0 heterocycles. The summed E-state index contributed by atoms with van der Waals surface area (Å²) in [4.78, 5) is 0. The van der Waals surface area contributed by atoms with Gasteiger partial charge in [-0.05, 0) is 39.5 Å². The van der Waals surface area contributed by atoms with Crippen molar-refractivity contribution >= 4 is 8.80 Å². The van der Waals surface area contributed by atoms with E-state index in [1.165, 1.54) is 0 Å². The highest BCUT2D eigenvalue weighted by atomic mass is 28.4. The Labute approximate surface area is 112 Å². The molecule has 1 rings (SSSR count). The van der Waals surface area contributed by atoms with Gasteiger partial charge in [0.15, 0.2) is 0 Å². The molecular weight excluding hydrogens is 244 g/mol. The second kappa shape index (κ2) is 8.64. The molecule has 1 aliphatic carbocycles. The Morgan fingerprint density at radius 1 is 0.889 bits per heavy atom. The first-order chi connectivity index (χ1) is 8.76. The predicted molar refractivity (Wildman–Crippen MR) is 76.4 cm³/mol. The Balaban J connectivity index is 2.42. The van der Waals surface area contributed by atoms with Crippen LogP contribution in [-0.2, 0) is 13.3 Å². The van der Waals surface area contributed by atoms with E-state index in [9.17, 15) is 0 Å². The Morgan fingerprint density at radius 2 is 1.39 bits per heavy atom. The van der Waals surface area contributed by atoms with E-state index >= 15 is 0 Å². The molecule has 0 aromatic carbocycles. The molecule has 0 bridgehead atoms. The molecule has 0 saturated heterocycles. The molecule has 0 aliphatic heterocycles. The zero-order valence-corrected chi connectivity index (χ0v) is 12.9. The van der Waals surface area contributed by atoms with Gasteiger partial charge < -0.3 is 13.3 Å². The van der Waals surface area contributed by atoms with Gasteiger partial charge in [0.2, 0.25) is 0 Å². The van der Waals surface area contributed by atoms with Crippen LogP contribution in [0.25, 0.3) is 0 Å². The van der Waals surface area contributed by atoms with Crippen molar-refractivity contribution in [1.29, 1.82) is 0 Å². The van der Waals surface area contributed by atoms with E-state index in [2.05, 4.69) is 24.3 Å². The van der Waals surface area contributed by atoms with Crippen LogP contribution >= 0.6 is 0 Å². The molecule has 0 aromatic rings. The Kier molecular flexibility index (Phi) is 7.50. The monoisotopic (exact) mass is 270 g/mol. The molecular formula is C14H26O3Si. The van der Waals surface area contributed by atoms with Crippen molar-refractivity contribution in [1.82, 2.24) is 0 Å². The molecule has 0 unspecified atom stereocenters. The maximum atomic E-state index is 5.83. The summed E-state index contributed by atoms with van der Waals surface area (Å²) in [5.74, 6) is 0.585. The van der Waals surface area contributed by atoms with Crippen LogP contribution in [0.15, 0.2) is 24.3 Å². The molecule has 0 atom stereocenters. The van der Waals surface area contributed by atoms with Gasteiger partial charge in [-0.3, -0.25) is 0 Å². The molecule has 0 radical (unpaired) electrons. The Morgan fingerprint density at radius 3 is 1.83 bits per heavy atom. The molecule has 0 N–H and O–H groups in total. The van der Waals surface area contributed by atoms with Crippen molar-refractivity contribution in [3.63, 3.8) is 0 Å². The molecule has 4 heteroatoms. The van der Waals surface area contributed by atoms with Crippen molar-refractivity contribution in [2.45, 2.75) is 39.7 Å². The second-order valence-corrected chi connectivity index (χ2v) is 7.04. The van der Waals surface area contributed by atoms with Gasteiger partial charge in [-0.2, -0.15) is 0 Å². The first-order valence-corrected chi connectivity index (χ1v) is 8.96. The van der Waals surface area contributed by atoms with Crippen molar-refractivity contribution in [3.05, 3.63) is 24.3 Å². The fourth-order valence-corrected chi connectivity index (χ4v) is 4.87. The molecule has 0 aromatic heterocycles. The van der Waals surface area contributed by atoms with Crippen LogP contribution in [0.3, 0.4) is 0 Å². The Bertz CT molecular complexity index is 247. The minimum Gasteiger partial charge on any atom is -0.374 e. The number of hydrogen-bond donors (Lipinski definition) is 0. The molecule has 0 fully saturated rings. The van der Waals surface area contributed by atoms with Crippen LogP contribution in [-0.4, -0.2) is 28.6 Å². The molecule has 0 spiro atoms. The van der Waals surface area contributed by atoms with Gasteiger partial charge in [-0.1, -0.05) is 24.3 Å². The van der Waals surface area contributed by atoms with E-state index in [1.807, 2.05) is 20.8 Å². The third-order valence-electron chi connectivity index (χ3n) is 2.94. The van der Waals surface area contributed by atoms with Crippen LogP contribution in [0.1, 0.15) is 33.6 Å². The summed E-state index contributed by atoms with van der Waals surface area (Å²) >= 11 is 0. The topological polar surface area (TPSA) is 27.7 Å². The van der Waals surface area contributed by atoms with Crippen LogP contribution in [0.5, 0.6) is 0 Å². The van der Waals surface area contributed by atoms with Crippen LogP contribution in [0, 0.1) is 5.92 Å². The highest BCUT2D eigenvalue weighted by Gasteiger charge is 2.39. The summed E-state index contributed by atoms with van der Waals surface area (Å²) in [5.41, 5.74) is 0. The van der Waals surface area contributed by atoms with Gasteiger partial charge >= 0.3 is 8.80 Å². The average Bonchev–Trinajstić information content (AvgIpc) is 2.83. The van der Waals surface area contributed by atoms with E-state index in [1.54, 1.807) is 0 Å². The van der Waals surface area contributed by atoms with Gasteiger partial charge in [0.1, 0.15) is 0 Å². The van der Waals surface area contributed by atoms with Gasteiger partial charge in [-0.15, -0.1) is 0 Å². The fraction of sp³-hybridized carbons (Fsp3) is 0.714. The first-order valence-electron chi connectivity index (χ1n) is 7.03. The highest BCUT2D eigenvalue weighted by molar-refractivity contribution is 6.60. The fourth-order valence-electron chi connectivity index (χ4n) is 2.23. The normalized spacial score (nSPS) is 15.7. The smallest absolute Gasteiger partial charge is 0.374 e. The van der Waals surface area contributed by atoms with Crippen molar-refractivity contribution in [2.24, 2.45) is 5.92 Å². The zero-order chi connectivity index (χ0) is 13.3. The van der Waals surface area contributed by atoms with E-state index in [-0.39, 0.29) is 0 Å². The van der Waals surface area contributed by atoms with E-state index in [4.69, 9.17) is 13.3 Å². The van der Waals surface area contributed by atoms with Crippen molar-refractivity contribution in [2.75, 3.05) is 19.8 Å². The third-order valence-corrected chi connectivity index (χ3v) is 6.09. The van der Waals surface area contributed by atoms with Crippen molar-refractivity contribution in [3.8, 4) is 0 Å². The van der Waals surface area contributed by atoms with Crippen LogP contribution < -0.4 is 0 Å². The average molecular weight is 270 g/mol. The number of rotatable bonds is 10. The van der Waals surface area contributed by atoms with E-state index in [0.717, 1.165) is 18.9 Å². The lowest BCUT2D eigenvalue weighted by Gasteiger charge is -2.28. The standard InChI is InChI=1S/C14H26O3Si/c1-4-15-18(16-5-2,17-6-3)13-9-12-14-10-7-8-11-14/h7-8,10-11,14H,4-6,9,12-13H2,1-3H3. The van der Waals surface area contributed by atoms with E-state index in [0.29, 0.717) is 25.7 Å². The SMILES string of the molecule is CCO[Si](CCCC1C=CC=C1)(OCC)OCC. The largest absolute Gasteiger partial charge is 0.500 e. The maximum absolute atomic E-state index is 5.83. The first kappa shape index (κ1) is 15.6. The third kappa shape index (κ3) is 5.06.